The molecular formula is C13H16O2. The van der Waals surface area contributed by atoms with Gasteiger partial charge < -0.3 is 4.74 Å². The molecule has 0 unspecified atom stereocenters. The maximum atomic E-state index is 11.7. The van der Waals surface area contributed by atoms with E-state index >= 15 is 0 Å². The molecule has 0 amide bonds. The van der Waals surface area contributed by atoms with E-state index in [1.54, 1.807) is 6.92 Å². The number of Topliss-reactive ketones (excluding diaryl/α,β-unsaturated/α-hetero) is 1. The van der Waals surface area contributed by atoms with Gasteiger partial charge in [0.05, 0.1) is 13.2 Å². The molecule has 0 spiro atoms. The Kier molecular flexibility index (Phi) is 2.39. The quantitative estimate of drug-likeness (QED) is 0.738. The predicted octanol–water partition coefficient (Wildman–Crippen LogP) is 2.16. The fourth-order valence-electron chi connectivity index (χ4n) is 1.92. The summed E-state index contributed by atoms with van der Waals surface area (Å²) in [5, 5.41) is 0. The van der Waals surface area contributed by atoms with Gasteiger partial charge in [0.15, 0.2) is 0 Å². The molecule has 15 heavy (non-hydrogen) atoms. The van der Waals surface area contributed by atoms with Gasteiger partial charge in [-0.05, 0) is 37.5 Å². The highest BCUT2D eigenvalue weighted by molar-refractivity contribution is 5.89. The van der Waals surface area contributed by atoms with E-state index in [2.05, 4.69) is 26.0 Å². The maximum Gasteiger partial charge on any atom is 0.145 e. The second kappa shape index (κ2) is 3.46. The lowest BCUT2D eigenvalue weighted by molar-refractivity contribution is -0.140. The highest BCUT2D eigenvalue weighted by atomic mass is 16.5. The lowest BCUT2D eigenvalue weighted by Gasteiger charge is -2.39. The lowest BCUT2D eigenvalue weighted by atomic mass is 9.75. The lowest BCUT2D eigenvalue weighted by Crippen LogP contribution is -2.52. The first-order valence-electron chi connectivity index (χ1n) is 5.23. The number of ether oxygens (including phenoxy) is 1. The van der Waals surface area contributed by atoms with Crippen LogP contribution in [0.2, 0.25) is 0 Å². The van der Waals surface area contributed by atoms with Gasteiger partial charge in [-0.2, -0.15) is 0 Å². The number of ketones is 1. The van der Waals surface area contributed by atoms with Crippen LogP contribution in [0.15, 0.2) is 18.2 Å². The zero-order chi connectivity index (χ0) is 11.1. The third kappa shape index (κ3) is 1.49. The van der Waals surface area contributed by atoms with Gasteiger partial charge in [0, 0.05) is 0 Å². The van der Waals surface area contributed by atoms with Crippen LogP contribution in [-0.2, 0) is 14.9 Å². The molecule has 2 heteroatoms. The molecule has 1 aliphatic heterocycles. The van der Waals surface area contributed by atoms with Crippen LogP contribution >= 0.6 is 0 Å². The van der Waals surface area contributed by atoms with Gasteiger partial charge in [0.25, 0.3) is 0 Å². The number of hydrogen-bond donors (Lipinski definition) is 0. The van der Waals surface area contributed by atoms with E-state index < -0.39 is 0 Å². The molecule has 0 radical (unpaired) electrons. The highest BCUT2D eigenvalue weighted by Crippen LogP contribution is 2.34. The van der Waals surface area contributed by atoms with Crippen molar-refractivity contribution in [2.45, 2.75) is 26.2 Å². The Bertz CT molecular complexity index is 403. The molecule has 0 atom stereocenters. The minimum Gasteiger partial charge on any atom is -0.378 e. The molecule has 1 aromatic rings. The molecular weight excluding hydrogens is 188 g/mol. The van der Waals surface area contributed by atoms with Crippen molar-refractivity contribution in [1.82, 2.24) is 0 Å². The molecule has 0 aromatic heterocycles. The fraction of sp³-hybridized carbons (Fsp3) is 0.462. The molecule has 1 aliphatic rings. The van der Waals surface area contributed by atoms with Gasteiger partial charge in [-0.3, -0.25) is 4.79 Å². The molecule has 0 N–H and O–H groups in total. The summed E-state index contributed by atoms with van der Waals surface area (Å²) in [6.07, 6.45) is 0. The molecule has 1 heterocycles. The average molecular weight is 204 g/mol. The summed E-state index contributed by atoms with van der Waals surface area (Å²) in [4.78, 5) is 11.7. The summed E-state index contributed by atoms with van der Waals surface area (Å²) in [6, 6.07) is 6.24. The van der Waals surface area contributed by atoms with E-state index in [-0.39, 0.29) is 11.2 Å². The van der Waals surface area contributed by atoms with Gasteiger partial charge in [0.1, 0.15) is 11.2 Å². The number of carbonyl (C=O) groups excluding carboxylic acids is 1. The molecule has 1 fully saturated rings. The largest absolute Gasteiger partial charge is 0.378 e. The van der Waals surface area contributed by atoms with Crippen LogP contribution in [0.5, 0.6) is 0 Å². The first-order chi connectivity index (χ1) is 7.06. The van der Waals surface area contributed by atoms with Gasteiger partial charge in [-0.1, -0.05) is 18.2 Å². The smallest absolute Gasteiger partial charge is 0.145 e. The molecule has 80 valence electrons. The van der Waals surface area contributed by atoms with Gasteiger partial charge in [-0.25, -0.2) is 0 Å². The molecule has 2 nitrogen and oxygen atoms in total. The zero-order valence-corrected chi connectivity index (χ0v) is 9.46. The molecule has 0 aliphatic carbocycles. The Hall–Kier alpha value is -1.15. The van der Waals surface area contributed by atoms with E-state index in [0.717, 1.165) is 5.56 Å². The summed E-state index contributed by atoms with van der Waals surface area (Å²) >= 11 is 0. The van der Waals surface area contributed by atoms with Crippen molar-refractivity contribution in [2.75, 3.05) is 13.2 Å². The number of carbonyl (C=O) groups is 1. The van der Waals surface area contributed by atoms with Crippen molar-refractivity contribution in [2.24, 2.45) is 0 Å². The highest BCUT2D eigenvalue weighted by Gasteiger charge is 2.44. The minimum absolute atomic E-state index is 0.206. The summed E-state index contributed by atoms with van der Waals surface area (Å²) in [5.74, 6) is 0.206. The number of aryl methyl sites for hydroxylation is 2. The normalized spacial score (nSPS) is 18.3. The maximum absolute atomic E-state index is 11.7. The Balaban J connectivity index is 2.44. The van der Waals surface area contributed by atoms with E-state index in [1.807, 2.05) is 6.07 Å². The van der Waals surface area contributed by atoms with E-state index in [0.29, 0.717) is 13.2 Å². The van der Waals surface area contributed by atoms with Crippen molar-refractivity contribution in [1.29, 1.82) is 0 Å². The van der Waals surface area contributed by atoms with Crippen LogP contribution in [-0.4, -0.2) is 19.0 Å². The summed E-state index contributed by atoms with van der Waals surface area (Å²) < 4.78 is 5.20. The van der Waals surface area contributed by atoms with E-state index in [4.69, 9.17) is 4.74 Å². The van der Waals surface area contributed by atoms with Crippen LogP contribution < -0.4 is 0 Å². The summed E-state index contributed by atoms with van der Waals surface area (Å²) in [7, 11) is 0. The average Bonchev–Trinajstić information content (AvgIpc) is 2.08. The van der Waals surface area contributed by atoms with E-state index in [9.17, 15) is 4.79 Å². The Morgan fingerprint density at radius 1 is 1.27 bits per heavy atom. The van der Waals surface area contributed by atoms with Crippen LogP contribution in [0.3, 0.4) is 0 Å². The van der Waals surface area contributed by atoms with E-state index in [1.165, 1.54) is 11.1 Å². The number of benzene rings is 1. The molecule has 0 saturated carbocycles. The zero-order valence-electron chi connectivity index (χ0n) is 9.46. The first kappa shape index (κ1) is 10.4. The van der Waals surface area contributed by atoms with Crippen molar-refractivity contribution in [3.05, 3.63) is 34.9 Å². The van der Waals surface area contributed by atoms with Gasteiger partial charge in [0.2, 0.25) is 0 Å². The van der Waals surface area contributed by atoms with Crippen molar-refractivity contribution >= 4 is 5.78 Å². The number of hydrogen-bond acceptors (Lipinski definition) is 2. The first-order valence-corrected chi connectivity index (χ1v) is 5.23. The molecule has 1 aromatic carbocycles. The van der Waals surface area contributed by atoms with Crippen LogP contribution in [0, 0.1) is 13.8 Å². The minimum atomic E-state index is -0.363. The van der Waals surface area contributed by atoms with Crippen LogP contribution in [0.25, 0.3) is 0 Å². The van der Waals surface area contributed by atoms with Gasteiger partial charge in [-0.15, -0.1) is 0 Å². The molecule has 2 rings (SSSR count). The molecule has 1 saturated heterocycles. The second-order valence-corrected chi connectivity index (χ2v) is 4.43. The summed E-state index contributed by atoms with van der Waals surface area (Å²) in [6.45, 7) is 6.87. The molecule has 0 bridgehead atoms. The van der Waals surface area contributed by atoms with Crippen molar-refractivity contribution < 1.29 is 9.53 Å². The van der Waals surface area contributed by atoms with Crippen LogP contribution in [0.1, 0.15) is 23.6 Å². The Labute approximate surface area is 90.3 Å². The third-order valence-corrected chi connectivity index (χ3v) is 3.43. The second-order valence-electron chi connectivity index (χ2n) is 4.43. The van der Waals surface area contributed by atoms with Crippen LogP contribution in [0.4, 0.5) is 0 Å². The standard InChI is InChI=1S/C13H16O2/c1-9-4-5-12(6-10(9)2)13(11(3)14)7-15-8-13/h4-6H,7-8H2,1-3H3. The number of rotatable bonds is 2. The Morgan fingerprint density at radius 3 is 2.33 bits per heavy atom. The topological polar surface area (TPSA) is 26.3 Å². The summed E-state index contributed by atoms with van der Waals surface area (Å²) in [5.41, 5.74) is 3.24. The van der Waals surface area contributed by atoms with Crippen molar-refractivity contribution in [3.63, 3.8) is 0 Å². The van der Waals surface area contributed by atoms with Gasteiger partial charge >= 0.3 is 0 Å². The predicted molar refractivity (Wildman–Crippen MR) is 59.1 cm³/mol. The monoisotopic (exact) mass is 204 g/mol. The third-order valence-electron chi connectivity index (χ3n) is 3.43. The fourth-order valence-corrected chi connectivity index (χ4v) is 1.92. The Morgan fingerprint density at radius 2 is 1.93 bits per heavy atom. The SMILES string of the molecule is CC(=O)C1(c2ccc(C)c(C)c2)COC1. The van der Waals surface area contributed by atoms with Crippen molar-refractivity contribution in [3.8, 4) is 0 Å².